The highest BCUT2D eigenvalue weighted by atomic mass is 32.2. The molecule has 7 heteroatoms. The summed E-state index contributed by atoms with van der Waals surface area (Å²) in [5, 5.41) is 20.0. The second-order valence-electron chi connectivity index (χ2n) is 11.2. The number of aromatic nitrogens is 1. The molecule has 5 aromatic carbocycles. The fourth-order valence-electron chi connectivity index (χ4n) is 6.91. The summed E-state index contributed by atoms with van der Waals surface area (Å²) in [5.74, 6) is 0.123. The van der Waals surface area contributed by atoms with Gasteiger partial charge >= 0.3 is 0 Å². The van der Waals surface area contributed by atoms with Crippen LogP contribution in [-0.2, 0) is 9.84 Å². The zero-order valence-corrected chi connectivity index (χ0v) is 24.7. The third-order valence-corrected chi connectivity index (χ3v) is 10.7. The van der Waals surface area contributed by atoms with Crippen LogP contribution in [0, 0.1) is 22.7 Å². The molecule has 1 aliphatic carbocycles. The Labute approximate surface area is 260 Å². The highest BCUT2D eigenvalue weighted by Gasteiger charge is 2.44. The number of hydrogen-bond acceptors (Lipinski definition) is 5. The van der Waals surface area contributed by atoms with Crippen molar-refractivity contribution in [3.63, 3.8) is 0 Å². The van der Waals surface area contributed by atoms with Crippen molar-refractivity contribution >= 4 is 38.2 Å². The van der Waals surface area contributed by atoms with Gasteiger partial charge < -0.3 is 9.47 Å². The van der Waals surface area contributed by atoms with Crippen molar-refractivity contribution in [3.8, 4) is 17.8 Å². The molecule has 1 aromatic heterocycles. The molecule has 6 nitrogen and oxygen atoms in total. The maximum atomic E-state index is 13.7. The van der Waals surface area contributed by atoms with Crippen LogP contribution in [0.3, 0.4) is 0 Å². The van der Waals surface area contributed by atoms with Gasteiger partial charge in [0.2, 0.25) is 9.84 Å². The summed E-state index contributed by atoms with van der Waals surface area (Å²) in [5.41, 5.74) is 7.88. The number of nitrogens with zero attached hydrogens (tertiary/aromatic N) is 4. The van der Waals surface area contributed by atoms with Crippen molar-refractivity contribution in [1.82, 2.24) is 4.57 Å². The fourth-order valence-corrected chi connectivity index (χ4v) is 8.30. The highest BCUT2D eigenvalue weighted by Crippen LogP contribution is 2.57. The van der Waals surface area contributed by atoms with Crippen molar-refractivity contribution < 1.29 is 8.42 Å². The van der Waals surface area contributed by atoms with Crippen LogP contribution in [0.15, 0.2) is 137 Å². The minimum atomic E-state index is -4.01. The zero-order chi connectivity index (χ0) is 30.7. The quantitative estimate of drug-likeness (QED) is 0.203. The lowest BCUT2D eigenvalue weighted by atomic mass is 9.86. The van der Waals surface area contributed by atoms with Crippen LogP contribution in [0.25, 0.3) is 22.7 Å². The monoisotopic (exact) mass is 600 g/mol. The number of rotatable bonds is 4. The number of hydrogen-bond donors (Lipinski definition) is 0. The van der Waals surface area contributed by atoms with Crippen molar-refractivity contribution in [2.24, 2.45) is 0 Å². The lowest BCUT2D eigenvalue weighted by Gasteiger charge is -2.33. The Kier molecular flexibility index (Phi) is 5.99. The first kappa shape index (κ1) is 26.7. The van der Waals surface area contributed by atoms with Gasteiger partial charge in [-0.15, -0.1) is 0 Å². The molecule has 8 rings (SSSR count). The molecule has 0 saturated heterocycles. The zero-order valence-electron chi connectivity index (χ0n) is 23.9. The van der Waals surface area contributed by atoms with E-state index >= 15 is 0 Å². The van der Waals surface area contributed by atoms with Gasteiger partial charge in [0, 0.05) is 33.9 Å². The Morgan fingerprint density at radius 3 is 2.22 bits per heavy atom. The predicted octanol–water partition coefficient (Wildman–Crippen LogP) is 8.21. The van der Waals surface area contributed by atoms with Crippen molar-refractivity contribution in [1.29, 1.82) is 10.5 Å². The van der Waals surface area contributed by atoms with Gasteiger partial charge in [-0.1, -0.05) is 66.7 Å². The predicted molar refractivity (Wildman–Crippen MR) is 174 cm³/mol. The number of fused-ring (bicyclic) bond motifs is 7. The van der Waals surface area contributed by atoms with Crippen LogP contribution in [0.1, 0.15) is 39.9 Å². The fraction of sp³-hybridized carbons (Fsp3) is 0.0526. The molecular formula is C38H24N4O2S. The number of anilines is 2. The third-order valence-electron chi connectivity index (χ3n) is 8.83. The van der Waals surface area contributed by atoms with E-state index in [-0.39, 0.29) is 32.9 Å². The standard InChI is InChI=1S/C38H24N4O2S/c39-23-25-14-21-36(26(22-25)24-40)45(43,44)29-17-15-28(16-18-29)42-35-13-7-5-11-31(35)33-20-19-32-30-10-4-6-12-34(30)41(37(32)38(33)42)27-8-2-1-3-9-27/h1-22,32,37H. The Morgan fingerprint density at radius 1 is 0.711 bits per heavy atom. The molecule has 1 aliphatic heterocycles. The normalized spacial score (nSPS) is 16.4. The van der Waals surface area contributed by atoms with Gasteiger partial charge in [0.15, 0.2) is 0 Å². The van der Waals surface area contributed by atoms with E-state index in [0.717, 1.165) is 33.5 Å². The Bertz CT molecular complexity index is 2380. The first-order valence-corrected chi connectivity index (χ1v) is 16.0. The summed E-state index contributed by atoms with van der Waals surface area (Å²) in [6.07, 6.45) is 4.54. The lowest BCUT2D eigenvalue weighted by molar-refractivity contribution is 0.596. The summed E-state index contributed by atoms with van der Waals surface area (Å²) >= 11 is 0. The summed E-state index contributed by atoms with van der Waals surface area (Å²) in [6.45, 7) is 0. The van der Waals surface area contributed by atoms with Crippen molar-refractivity contribution in [3.05, 3.63) is 155 Å². The van der Waals surface area contributed by atoms with Gasteiger partial charge in [0.1, 0.15) is 6.07 Å². The molecule has 214 valence electrons. The average Bonchev–Trinajstić information content (AvgIpc) is 3.61. The maximum absolute atomic E-state index is 13.7. The van der Waals surface area contributed by atoms with E-state index < -0.39 is 9.84 Å². The summed E-state index contributed by atoms with van der Waals surface area (Å²) < 4.78 is 29.6. The molecule has 45 heavy (non-hydrogen) atoms. The SMILES string of the molecule is N#Cc1ccc(S(=O)(=O)c2ccc(-n3c4c(c5ccccc53)C=CC3c5ccccc5N(c5ccccc5)C43)cc2)c(C#N)c1. The van der Waals surface area contributed by atoms with Crippen molar-refractivity contribution in [2.75, 3.05) is 4.90 Å². The van der Waals surface area contributed by atoms with Gasteiger partial charge in [-0.05, 0) is 72.3 Å². The molecule has 2 heterocycles. The number of para-hydroxylation sites is 3. The van der Waals surface area contributed by atoms with Crippen LogP contribution in [0.5, 0.6) is 0 Å². The van der Waals surface area contributed by atoms with Gasteiger partial charge in [-0.3, -0.25) is 0 Å². The summed E-state index contributed by atoms with van der Waals surface area (Å²) in [7, 11) is -4.01. The average molecular weight is 601 g/mol. The van der Waals surface area contributed by atoms with Crippen molar-refractivity contribution in [2.45, 2.75) is 21.8 Å². The lowest BCUT2D eigenvalue weighted by Crippen LogP contribution is -2.26. The third kappa shape index (κ3) is 3.95. The van der Waals surface area contributed by atoms with E-state index in [4.69, 9.17) is 0 Å². The highest BCUT2D eigenvalue weighted by molar-refractivity contribution is 7.91. The smallest absolute Gasteiger partial charge is 0.207 e. The molecule has 0 radical (unpaired) electrons. The molecule has 0 spiro atoms. The first-order valence-electron chi connectivity index (χ1n) is 14.6. The molecule has 6 aromatic rings. The van der Waals surface area contributed by atoms with Crippen LogP contribution in [0.4, 0.5) is 11.4 Å². The Balaban J connectivity index is 1.31. The van der Waals surface area contributed by atoms with Crippen LogP contribution in [-0.4, -0.2) is 13.0 Å². The number of sulfone groups is 1. The molecule has 0 amide bonds. The van der Waals surface area contributed by atoms with Gasteiger partial charge in [-0.2, -0.15) is 10.5 Å². The van der Waals surface area contributed by atoms with E-state index in [1.54, 1.807) is 12.1 Å². The molecule has 0 bridgehead atoms. The van der Waals surface area contributed by atoms with Crippen LogP contribution in [0.2, 0.25) is 0 Å². The largest absolute Gasteiger partial charge is 0.331 e. The molecule has 0 fully saturated rings. The van der Waals surface area contributed by atoms with E-state index in [0.29, 0.717) is 0 Å². The molecule has 0 N–H and O–H groups in total. The van der Waals surface area contributed by atoms with E-state index in [1.807, 2.05) is 42.5 Å². The van der Waals surface area contributed by atoms with Crippen LogP contribution < -0.4 is 4.90 Å². The van der Waals surface area contributed by atoms with Gasteiger partial charge in [0.05, 0.1) is 44.2 Å². The maximum Gasteiger partial charge on any atom is 0.207 e. The van der Waals surface area contributed by atoms with E-state index in [2.05, 4.69) is 82.3 Å². The minimum absolute atomic E-state index is 0.0301. The molecule has 2 atom stereocenters. The van der Waals surface area contributed by atoms with Gasteiger partial charge in [0.25, 0.3) is 0 Å². The molecule has 2 aliphatic rings. The second kappa shape index (κ2) is 10.1. The first-order chi connectivity index (χ1) is 22.0. The molecule has 0 saturated carbocycles. The topological polar surface area (TPSA) is 89.9 Å². The molecular weight excluding hydrogens is 577 g/mol. The summed E-state index contributed by atoms with van der Waals surface area (Å²) in [6, 6.07) is 42.1. The number of nitriles is 2. The van der Waals surface area contributed by atoms with E-state index in [1.165, 1.54) is 29.4 Å². The second-order valence-corrected chi connectivity index (χ2v) is 13.1. The van der Waals surface area contributed by atoms with Gasteiger partial charge in [-0.25, -0.2) is 8.42 Å². The Hall–Kier alpha value is -5.89. The minimum Gasteiger partial charge on any atom is -0.331 e. The molecule has 2 unspecified atom stereocenters. The number of benzene rings is 5. The van der Waals surface area contributed by atoms with Crippen LogP contribution >= 0.6 is 0 Å². The Morgan fingerprint density at radius 2 is 1.44 bits per heavy atom. The van der Waals surface area contributed by atoms with E-state index in [9.17, 15) is 18.9 Å². The summed E-state index contributed by atoms with van der Waals surface area (Å²) in [4.78, 5) is 2.38.